The highest BCUT2D eigenvalue weighted by atomic mass is 32.2. The number of nitrogens with one attached hydrogen (secondary N) is 1. The minimum Gasteiger partial charge on any atom is -0.397 e. The molecule has 0 amide bonds. The molecule has 3 N–H and O–H groups in total. The fourth-order valence-corrected chi connectivity index (χ4v) is 4.15. The summed E-state index contributed by atoms with van der Waals surface area (Å²) in [6, 6.07) is 8.62. The third-order valence-corrected chi connectivity index (χ3v) is 5.18. The minimum absolute atomic E-state index is 0.575. The third kappa shape index (κ3) is 2.70. The van der Waals surface area contributed by atoms with Gasteiger partial charge in [0, 0.05) is 28.6 Å². The zero-order valence-corrected chi connectivity index (χ0v) is 12.6. The van der Waals surface area contributed by atoms with Gasteiger partial charge in [-0.1, -0.05) is 19.1 Å². The molecular weight excluding hydrogens is 266 g/mol. The number of pyridine rings is 1. The van der Waals surface area contributed by atoms with Gasteiger partial charge in [-0.2, -0.15) is 11.8 Å². The Morgan fingerprint density at radius 2 is 2.25 bits per heavy atom. The van der Waals surface area contributed by atoms with Crippen LogP contribution in [0.4, 0.5) is 11.4 Å². The Morgan fingerprint density at radius 1 is 1.35 bits per heavy atom. The molecule has 1 aromatic carbocycles. The second-order valence-electron chi connectivity index (χ2n) is 5.33. The normalized spacial score (nSPS) is 22.2. The van der Waals surface area contributed by atoms with E-state index in [1.165, 1.54) is 25.0 Å². The zero-order chi connectivity index (χ0) is 13.9. The molecule has 1 aromatic heterocycles. The smallest absolute Gasteiger partial charge is 0.0951 e. The molecule has 0 bridgehead atoms. The summed E-state index contributed by atoms with van der Waals surface area (Å²) in [4.78, 5) is 4.39. The van der Waals surface area contributed by atoms with Crippen molar-refractivity contribution in [1.29, 1.82) is 0 Å². The lowest BCUT2D eigenvalue weighted by molar-refractivity contribution is 0.758. The maximum absolute atomic E-state index is 6.00. The predicted octanol–water partition coefficient (Wildman–Crippen LogP) is 3.90. The molecule has 2 atom stereocenters. The summed E-state index contributed by atoms with van der Waals surface area (Å²) in [6.45, 7) is 2.24. The summed E-state index contributed by atoms with van der Waals surface area (Å²) in [5.74, 6) is 1.21. The molecule has 3 rings (SSSR count). The highest BCUT2D eigenvalue weighted by molar-refractivity contribution is 7.99. The van der Waals surface area contributed by atoms with E-state index in [9.17, 15) is 0 Å². The van der Waals surface area contributed by atoms with Crippen molar-refractivity contribution in [2.75, 3.05) is 16.8 Å². The Balaban J connectivity index is 1.80. The van der Waals surface area contributed by atoms with E-state index < -0.39 is 0 Å². The number of nitrogens with two attached hydrogens (primary N) is 1. The molecule has 0 saturated heterocycles. The van der Waals surface area contributed by atoms with Crippen LogP contribution in [0.3, 0.4) is 0 Å². The van der Waals surface area contributed by atoms with Crippen LogP contribution in [-0.4, -0.2) is 22.0 Å². The van der Waals surface area contributed by atoms with Crippen molar-refractivity contribution < 1.29 is 0 Å². The highest BCUT2D eigenvalue weighted by Crippen LogP contribution is 2.33. The molecule has 1 saturated carbocycles. The van der Waals surface area contributed by atoms with Crippen LogP contribution in [0.5, 0.6) is 0 Å². The molecule has 0 spiro atoms. The Hall–Kier alpha value is -1.42. The van der Waals surface area contributed by atoms with E-state index in [0.29, 0.717) is 6.04 Å². The van der Waals surface area contributed by atoms with Gasteiger partial charge >= 0.3 is 0 Å². The lowest BCUT2D eigenvalue weighted by atomic mass is 10.1. The summed E-state index contributed by atoms with van der Waals surface area (Å²) in [6.07, 6.45) is 5.67. The van der Waals surface area contributed by atoms with Gasteiger partial charge in [0.2, 0.25) is 0 Å². The van der Waals surface area contributed by atoms with Gasteiger partial charge in [-0.05, 0) is 37.1 Å². The van der Waals surface area contributed by atoms with Crippen LogP contribution in [0, 0.1) is 0 Å². The number of para-hydroxylation sites is 1. The summed E-state index contributed by atoms with van der Waals surface area (Å²) < 4.78 is 0. The molecule has 0 radical (unpaired) electrons. The Labute approximate surface area is 124 Å². The van der Waals surface area contributed by atoms with Gasteiger partial charge < -0.3 is 11.1 Å². The number of nitrogen functional groups attached to an aromatic ring is 1. The summed E-state index contributed by atoms with van der Waals surface area (Å²) in [5, 5.41) is 5.63. The molecule has 0 aliphatic heterocycles. The van der Waals surface area contributed by atoms with Crippen molar-refractivity contribution in [2.24, 2.45) is 0 Å². The number of nitrogens with zero attached hydrogens (tertiary/aromatic N) is 1. The molecule has 2 aromatic rings. The number of benzene rings is 1. The number of thioether (sulfide) groups is 1. The van der Waals surface area contributed by atoms with E-state index in [2.05, 4.69) is 41.1 Å². The Morgan fingerprint density at radius 3 is 3.10 bits per heavy atom. The van der Waals surface area contributed by atoms with Crippen LogP contribution in [0.1, 0.15) is 26.2 Å². The van der Waals surface area contributed by atoms with E-state index in [1.54, 1.807) is 0 Å². The number of aromatic nitrogens is 1. The van der Waals surface area contributed by atoms with Crippen molar-refractivity contribution in [1.82, 2.24) is 4.98 Å². The maximum atomic E-state index is 6.00. The SMILES string of the molecule is CCSC1CCC(Nc2ccnc3c(N)cccc23)C1. The Bertz CT molecular complexity index is 599. The summed E-state index contributed by atoms with van der Waals surface area (Å²) in [7, 11) is 0. The van der Waals surface area contributed by atoms with Gasteiger partial charge in [0.15, 0.2) is 0 Å². The highest BCUT2D eigenvalue weighted by Gasteiger charge is 2.24. The standard InChI is InChI=1S/C16H21N3S/c1-2-20-12-7-6-11(10-12)19-15-8-9-18-16-13(15)4-3-5-14(16)17/h3-5,8-9,11-12H,2,6-7,10,17H2,1H3,(H,18,19). The quantitative estimate of drug-likeness (QED) is 0.837. The average Bonchev–Trinajstić information content (AvgIpc) is 2.88. The van der Waals surface area contributed by atoms with Crippen molar-refractivity contribution in [2.45, 2.75) is 37.5 Å². The third-order valence-electron chi connectivity index (χ3n) is 3.95. The number of hydrogen-bond acceptors (Lipinski definition) is 4. The lowest BCUT2D eigenvalue weighted by Gasteiger charge is -2.16. The first-order valence-corrected chi connectivity index (χ1v) is 8.34. The molecule has 20 heavy (non-hydrogen) atoms. The van der Waals surface area contributed by atoms with E-state index in [1.807, 2.05) is 18.3 Å². The van der Waals surface area contributed by atoms with Crippen molar-refractivity contribution in [3.63, 3.8) is 0 Å². The molecule has 4 heteroatoms. The molecule has 1 fully saturated rings. The first-order valence-electron chi connectivity index (χ1n) is 7.29. The van der Waals surface area contributed by atoms with E-state index in [-0.39, 0.29) is 0 Å². The van der Waals surface area contributed by atoms with Crippen molar-refractivity contribution in [3.05, 3.63) is 30.5 Å². The maximum Gasteiger partial charge on any atom is 0.0951 e. The molecule has 1 heterocycles. The van der Waals surface area contributed by atoms with Crippen molar-refractivity contribution >= 4 is 34.0 Å². The van der Waals surface area contributed by atoms with Gasteiger partial charge in [0.25, 0.3) is 0 Å². The fourth-order valence-electron chi connectivity index (χ4n) is 3.00. The molecule has 3 nitrogen and oxygen atoms in total. The van der Waals surface area contributed by atoms with Crippen molar-refractivity contribution in [3.8, 4) is 0 Å². The van der Waals surface area contributed by atoms with Crippen LogP contribution in [-0.2, 0) is 0 Å². The predicted molar refractivity (Wildman–Crippen MR) is 89.3 cm³/mol. The number of rotatable bonds is 4. The fraction of sp³-hybridized carbons (Fsp3) is 0.438. The minimum atomic E-state index is 0.575. The van der Waals surface area contributed by atoms with Crippen LogP contribution in [0.25, 0.3) is 10.9 Å². The monoisotopic (exact) mass is 287 g/mol. The largest absolute Gasteiger partial charge is 0.397 e. The van der Waals surface area contributed by atoms with Crippen LogP contribution < -0.4 is 11.1 Å². The second-order valence-corrected chi connectivity index (χ2v) is 6.91. The average molecular weight is 287 g/mol. The molecule has 1 aliphatic rings. The summed E-state index contributed by atoms with van der Waals surface area (Å²) >= 11 is 2.09. The van der Waals surface area contributed by atoms with Crippen LogP contribution >= 0.6 is 11.8 Å². The first-order chi connectivity index (χ1) is 9.78. The number of anilines is 2. The van der Waals surface area contributed by atoms with Crippen LogP contribution in [0.2, 0.25) is 0 Å². The Kier molecular flexibility index (Phi) is 4.01. The molecule has 2 unspecified atom stereocenters. The van der Waals surface area contributed by atoms with Crippen LogP contribution in [0.15, 0.2) is 30.5 Å². The zero-order valence-electron chi connectivity index (χ0n) is 11.8. The molecular formula is C16H21N3S. The van der Waals surface area contributed by atoms with Gasteiger partial charge in [0.05, 0.1) is 11.2 Å². The van der Waals surface area contributed by atoms with E-state index in [4.69, 9.17) is 5.73 Å². The first kappa shape index (κ1) is 13.6. The molecule has 106 valence electrons. The number of fused-ring (bicyclic) bond motifs is 1. The van der Waals surface area contributed by atoms with Gasteiger partial charge in [-0.15, -0.1) is 0 Å². The van der Waals surface area contributed by atoms with Gasteiger partial charge in [-0.25, -0.2) is 0 Å². The number of hydrogen-bond donors (Lipinski definition) is 2. The van der Waals surface area contributed by atoms with E-state index in [0.717, 1.165) is 27.5 Å². The molecule has 1 aliphatic carbocycles. The van der Waals surface area contributed by atoms with E-state index >= 15 is 0 Å². The summed E-state index contributed by atoms with van der Waals surface area (Å²) in [5.41, 5.74) is 8.81. The second kappa shape index (κ2) is 5.92. The lowest BCUT2D eigenvalue weighted by Crippen LogP contribution is -2.16. The topological polar surface area (TPSA) is 50.9 Å². The van der Waals surface area contributed by atoms with Gasteiger partial charge in [-0.3, -0.25) is 4.98 Å². The van der Waals surface area contributed by atoms with Gasteiger partial charge in [0.1, 0.15) is 0 Å².